The number of aromatic nitrogens is 1. The lowest BCUT2D eigenvalue weighted by Gasteiger charge is -2.09. The molecule has 0 aliphatic heterocycles. The number of ether oxygens (including phenoxy) is 1. The van der Waals surface area contributed by atoms with E-state index in [2.05, 4.69) is 4.98 Å². The fourth-order valence-electron chi connectivity index (χ4n) is 1.59. The number of aryl methyl sites for hydroxylation is 1. The minimum Gasteiger partial charge on any atom is -0.438 e. The van der Waals surface area contributed by atoms with Crippen LogP contribution in [0, 0.1) is 6.92 Å². The number of anilines is 1. The zero-order valence-electron chi connectivity index (χ0n) is 10.3. The highest BCUT2D eigenvalue weighted by Gasteiger charge is 2.10. The fourth-order valence-corrected chi connectivity index (χ4v) is 1.59. The van der Waals surface area contributed by atoms with Gasteiger partial charge in [0.1, 0.15) is 5.75 Å². The van der Waals surface area contributed by atoms with Crippen molar-refractivity contribution in [2.45, 2.75) is 13.8 Å². The highest BCUT2D eigenvalue weighted by Crippen LogP contribution is 2.26. The van der Waals surface area contributed by atoms with Gasteiger partial charge in [-0.2, -0.15) is 0 Å². The van der Waals surface area contributed by atoms with E-state index in [1.807, 2.05) is 13.0 Å². The molecule has 2 rings (SSSR count). The van der Waals surface area contributed by atoms with Crippen molar-refractivity contribution in [3.05, 3.63) is 47.7 Å². The van der Waals surface area contributed by atoms with Gasteiger partial charge in [0.25, 0.3) is 0 Å². The Bertz CT molecular complexity index is 594. The lowest BCUT2D eigenvalue weighted by Crippen LogP contribution is -1.99. The monoisotopic (exact) mass is 242 g/mol. The number of rotatable bonds is 3. The van der Waals surface area contributed by atoms with Crippen molar-refractivity contribution in [3.63, 3.8) is 0 Å². The molecule has 0 saturated carbocycles. The molecule has 0 fully saturated rings. The Balaban J connectivity index is 2.37. The topological polar surface area (TPSA) is 65.2 Å². The van der Waals surface area contributed by atoms with Gasteiger partial charge in [-0.25, -0.2) is 4.98 Å². The van der Waals surface area contributed by atoms with Gasteiger partial charge < -0.3 is 10.5 Å². The predicted octanol–water partition coefficient (Wildman–Crippen LogP) is 2.97. The third kappa shape index (κ3) is 2.66. The van der Waals surface area contributed by atoms with Crippen molar-refractivity contribution in [2.75, 3.05) is 5.73 Å². The number of carbonyl (C=O) groups excluding carboxylic acids is 1. The Morgan fingerprint density at radius 2 is 2.06 bits per heavy atom. The molecule has 0 unspecified atom stereocenters. The van der Waals surface area contributed by atoms with Gasteiger partial charge >= 0.3 is 0 Å². The van der Waals surface area contributed by atoms with Crippen LogP contribution < -0.4 is 10.5 Å². The number of nitrogens with zero attached hydrogens (tertiary/aromatic N) is 1. The molecule has 18 heavy (non-hydrogen) atoms. The van der Waals surface area contributed by atoms with Crippen LogP contribution in [0.3, 0.4) is 0 Å². The molecule has 1 aromatic carbocycles. The number of Topliss-reactive ketones (excluding diaryl/α,β-unsaturated/α-hetero) is 1. The maximum atomic E-state index is 11.5. The molecule has 0 aliphatic rings. The van der Waals surface area contributed by atoms with Crippen LogP contribution >= 0.6 is 0 Å². The SMILES string of the molecule is CC(=O)c1cc(N)ccc1Oc1cc(C)ccn1. The minimum absolute atomic E-state index is 0.0926. The van der Waals surface area contributed by atoms with E-state index < -0.39 is 0 Å². The summed E-state index contributed by atoms with van der Waals surface area (Å²) in [4.78, 5) is 15.6. The van der Waals surface area contributed by atoms with Crippen LogP contribution in [-0.4, -0.2) is 10.8 Å². The van der Waals surface area contributed by atoms with E-state index in [0.29, 0.717) is 22.9 Å². The van der Waals surface area contributed by atoms with E-state index in [1.165, 1.54) is 6.92 Å². The van der Waals surface area contributed by atoms with E-state index in [1.54, 1.807) is 30.5 Å². The van der Waals surface area contributed by atoms with Crippen LogP contribution in [0.25, 0.3) is 0 Å². The van der Waals surface area contributed by atoms with E-state index >= 15 is 0 Å². The van der Waals surface area contributed by atoms with Crippen molar-refractivity contribution in [1.82, 2.24) is 4.98 Å². The van der Waals surface area contributed by atoms with Gasteiger partial charge in [-0.1, -0.05) is 0 Å². The molecular weight excluding hydrogens is 228 g/mol. The smallest absolute Gasteiger partial charge is 0.219 e. The summed E-state index contributed by atoms with van der Waals surface area (Å²) in [5, 5.41) is 0. The normalized spacial score (nSPS) is 10.1. The Morgan fingerprint density at radius 1 is 1.28 bits per heavy atom. The molecule has 0 aliphatic carbocycles. The summed E-state index contributed by atoms with van der Waals surface area (Å²) in [5.41, 5.74) is 7.69. The number of nitrogen functional groups attached to an aromatic ring is 1. The Labute approximate surface area is 105 Å². The summed E-state index contributed by atoms with van der Waals surface area (Å²) >= 11 is 0. The average Bonchev–Trinajstić information content (AvgIpc) is 2.31. The largest absolute Gasteiger partial charge is 0.438 e. The Kier molecular flexibility index (Phi) is 3.28. The van der Waals surface area contributed by atoms with Crippen molar-refractivity contribution in [1.29, 1.82) is 0 Å². The van der Waals surface area contributed by atoms with Gasteiger partial charge in [0.15, 0.2) is 5.78 Å². The van der Waals surface area contributed by atoms with Gasteiger partial charge in [-0.15, -0.1) is 0 Å². The van der Waals surface area contributed by atoms with Gasteiger partial charge in [0.05, 0.1) is 5.56 Å². The first-order valence-electron chi connectivity index (χ1n) is 5.57. The summed E-state index contributed by atoms with van der Waals surface area (Å²) < 4.78 is 5.62. The number of benzene rings is 1. The number of ketones is 1. The molecule has 2 N–H and O–H groups in total. The Morgan fingerprint density at radius 3 is 2.72 bits per heavy atom. The molecule has 92 valence electrons. The molecule has 0 bridgehead atoms. The second kappa shape index (κ2) is 4.87. The molecule has 0 spiro atoms. The fraction of sp³-hybridized carbons (Fsp3) is 0.143. The second-order valence-electron chi connectivity index (χ2n) is 4.09. The van der Waals surface area contributed by atoms with Crippen LogP contribution in [0.1, 0.15) is 22.8 Å². The summed E-state index contributed by atoms with van der Waals surface area (Å²) in [7, 11) is 0. The van der Waals surface area contributed by atoms with E-state index in [9.17, 15) is 4.79 Å². The zero-order valence-corrected chi connectivity index (χ0v) is 10.3. The first-order chi connectivity index (χ1) is 8.56. The van der Waals surface area contributed by atoms with Crippen molar-refractivity contribution in [3.8, 4) is 11.6 Å². The third-order valence-corrected chi connectivity index (χ3v) is 2.49. The molecule has 4 nitrogen and oxygen atoms in total. The summed E-state index contributed by atoms with van der Waals surface area (Å²) in [6, 6.07) is 8.66. The van der Waals surface area contributed by atoms with Crippen LogP contribution in [0.15, 0.2) is 36.5 Å². The predicted molar refractivity (Wildman–Crippen MR) is 69.9 cm³/mol. The molecular formula is C14H14N2O2. The van der Waals surface area contributed by atoms with Gasteiger partial charge in [0.2, 0.25) is 5.88 Å². The van der Waals surface area contributed by atoms with Crippen molar-refractivity contribution >= 4 is 11.5 Å². The summed E-state index contributed by atoms with van der Waals surface area (Å²) in [6.45, 7) is 3.43. The van der Waals surface area contributed by atoms with Crippen LogP contribution in [-0.2, 0) is 0 Å². The maximum absolute atomic E-state index is 11.5. The number of hydrogen-bond acceptors (Lipinski definition) is 4. The highest BCUT2D eigenvalue weighted by molar-refractivity contribution is 5.97. The van der Waals surface area contributed by atoms with E-state index in [0.717, 1.165) is 5.56 Å². The van der Waals surface area contributed by atoms with Gasteiger partial charge in [0, 0.05) is 18.0 Å². The highest BCUT2D eigenvalue weighted by atomic mass is 16.5. The quantitative estimate of drug-likeness (QED) is 0.663. The van der Waals surface area contributed by atoms with Crippen molar-refractivity contribution < 1.29 is 9.53 Å². The number of pyridine rings is 1. The summed E-state index contributed by atoms with van der Waals surface area (Å²) in [6.07, 6.45) is 1.66. The molecule has 2 aromatic rings. The molecule has 1 aromatic heterocycles. The lowest BCUT2D eigenvalue weighted by molar-refractivity contribution is 0.101. The van der Waals surface area contributed by atoms with Crippen LogP contribution in [0.4, 0.5) is 5.69 Å². The van der Waals surface area contributed by atoms with E-state index in [-0.39, 0.29) is 5.78 Å². The molecule has 0 amide bonds. The second-order valence-corrected chi connectivity index (χ2v) is 4.09. The minimum atomic E-state index is -0.0926. The number of carbonyl (C=O) groups is 1. The zero-order chi connectivity index (χ0) is 13.1. The van der Waals surface area contributed by atoms with Gasteiger partial charge in [-0.05, 0) is 43.7 Å². The average molecular weight is 242 g/mol. The Hall–Kier alpha value is -2.36. The number of hydrogen-bond donors (Lipinski definition) is 1. The molecule has 1 heterocycles. The maximum Gasteiger partial charge on any atom is 0.219 e. The summed E-state index contributed by atoms with van der Waals surface area (Å²) in [5.74, 6) is 0.835. The first-order valence-corrected chi connectivity index (χ1v) is 5.57. The molecule has 0 saturated heterocycles. The lowest BCUT2D eigenvalue weighted by atomic mass is 10.1. The van der Waals surface area contributed by atoms with Gasteiger partial charge in [-0.3, -0.25) is 4.79 Å². The third-order valence-electron chi connectivity index (χ3n) is 2.49. The van der Waals surface area contributed by atoms with Crippen molar-refractivity contribution in [2.24, 2.45) is 0 Å². The first kappa shape index (κ1) is 12.1. The van der Waals surface area contributed by atoms with E-state index in [4.69, 9.17) is 10.5 Å². The molecule has 0 radical (unpaired) electrons. The molecule has 4 heteroatoms. The molecule has 0 atom stereocenters. The van der Waals surface area contributed by atoms with Crippen LogP contribution in [0.2, 0.25) is 0 Å². The van der Waals surface area contributed by atoms with Crippen LogP contribution in [0.5, 0.6) is 11.6 Å². The number of nitrogens with two attached hydrogens (primary N) is 1. The standard InChI is InChI=1S/C14H14N2O2/c1-9-5-6-16-14(7-9)18-13-4-3-11(15)8-12(13)10(2)17/h3-8H,15H2,1-2H3.